The van der Waals surface area contributed by atoms with Gasteiger partial charge in [0.2, 0.25) is 0 Å². The molecule has 20 heavy (non-hydrogen) atoms. The van der Waals surface area contributed by atoms with E-state index < -0.39 is 11.9 Å². The van der Waals surface area contributed by atoms with Gasteiger partial charge in [-0.3, -0.25) is 4.79 Å². The van der Waals surface area contributed by atoms with E-state index >= 15 is 0 Å². The van der Waals surface area contributed by atoms with Gasteiger partial charge in [0.25, 0.3) is 0 Å². The van der Waals surface area contributed by atoms with Crippen LogP contribution in [-0.4, -0.2) is 19.7 Å². The second-order valence-electron chi connectivity index (χ2n) is 4.39. The summed E-state index contributed by atoms with van der Waals surface area (Å²) in [6, 6.07) is 9.18. The van der Waals surface area contributed by atoms with E-state index in [2.05, 4.69) is 0 Å². The van der Waals surface area contributed by atoms with E-state index in [1.807, 2.05) is 30.3 Å². The molecule has 2 N–H and O–H groups in total. The molecule has 0 bridgehead atoms. The fraction of sp³-hybridized carbons (Fsp3) is 0.467. The zero-order chi connectivity index (χ0) is 15.0. The van der Waals surface area contributed by atoms with Crippen molar-refractivity contribution in [2.75, 3.05) is 13.7 Å². The number of hydrogen-bond donors (Lipinski definition) is 1. The summed E-state index contributed by atoms with van der Waals surface area (Å²) < 4.78 is 9.99. The largest absolute Gasteiger partial charge is 0.497 e. The van der Waals surface area contributed by atoms with Gasteiger partial charge in [-0.05, 0) is 37.5 Å². The molecule has 0 aliphatic heterocycles. The number of esters is 1. The highest BCUT2D eigenvalue weighted by atomic mass is 16.5. The topological polar surface area (TPSA) is 85.3 Å². The molecule has 1 aromatic carbocycles. The Morgan fingerprint density at radius 1 is 1.45 bits per heavy atom. The fourth-order valence-corrected chi connectivity index (χ4v) is 1.86. The van der Waals surface area contributed by atoms with Crippen molar-refractivity contribution in [3.05, 3.63) is 29.8 Å². The molecular weight excluding hydrogens is 256 g/mol. The second-order valence-corrected chi connectivity index (χ2v) is 4.39. The number of rotatable bonds is 7. The molecule has 0 amide bonds. The van der Waals surface area contributed by atoms with Crippen molar-refractivity contribution in [1.82, 2.24) is 0 Å². The quantitative estimate of drug-likeness (QED) is 0.771. The Balaban J connectivity index is 2.59. The van der Waals surface area contributed by atoms with E-state index in [1.54, 1.807) is 14.0 Å². The van der Waals surface area contributed by atoms with Crippen molar-refractivity contribution < 1.29 is 14.3 Å². The van der Waals surface area contributed by atoms with Gasteiger partial charge in [-0.25, -0.2) is 0 Å². The summed E-state index contributed by atoms with van der Waals surface area (Å²) in [4.78, 5) is 11.5. The van der Waals surface area contributed by atoms with Crippen LogP contribution in [0, 0.1) is 17.2 Å². The van der Waals surface area contributed by atoms with Crippen molar-refractivity contribution in [3.8, 4) is 11.8 Å². The molecule has 108 valence electrons. The third-order valence-electron chi connectivity index (χ3n) is 3.02. The summed E-state index contributed by atoms with van der Waals surface area (Å²) in [5.74, 6) is -0.500. The first-order chi connectivity index (χ1) is 9.62. The minimum atomic E-state index is -0.758. The standard InChI is InChI=1S/C15H20N2O3/c1-3-20-15(18)12(10-16)7-8-14(17)11-5-4-6-13(9-11)19-2/h4-6,9,12,14H,3,7-8,17H2,1-2H3/t12?,14-/m1/s1. The van der Waals surface area contributed by atoms with Gasteiger partial charge in [-0.1, -0.05) is 12.1 Å². The molecule has 0 radical (unpaired) electrons. The van der Waals surface area contributed by atoms with Crippen LogP contribution in [0.5, 0.6) is 5.75 Å². The van der Waals surface area contributed by atoms with Crippen LogP contribution >= 0.6 is 0 Å². The molecule has 0 aliphatic rings. The summed E-state index contributed by atoms with van der Waals surface area (Å²) in [6.45, 7) is 1.99. The van der Waals surface area contributed by atoms with E-state index in [-0.39, 0.29) is 12.6 Å². The molecule has 0 saturated carbocycles. The Labute approximate surface area is 119 Å². The van der Waals surface area contributed by atoms with Crippen LogP contribution in [0.15, 0.2) is 24.3 Å². The second kappa shape index (κ2) is 8.18. The lowest BCUT2D eigenvalue weighted by Gasteiger charge is -2.14. The van der Waals surface area contributed by atoms with E-state index in [9.17, 15) is 4.79 Å². The highest BCUT2D eigenvalue weighted by Crippen LogP contribution is 2.22. The number of hydrogen-bond acceptors (Lipinski definition) is 5. The van der Waals surface area contributed by atoms with E-state index in [4.69, 9.17) is 20.5 Å². The third kappa shape index (κ3) is 4.56. The predicted molar refractivity (Wildman–Crippen MR) is 74.9 cm³/mol. The van der Waals surface area contributed by atoms with Crippen molar-refractivity contribution >= 4 is 5.97 Å². The molecule has 2 atom stereocenters. The maximum Gasteiger partial charge on any atom is 0.323 e. The average Bonchev–Trinajstić information content (AvgIpc) is 2.48. The zero-order valence-corrected chi connectivity index (χ0v) is 11.8. The molecule has 5 nitrogen and oxygen atoms in total. The number of nitriles is 1. The van der Waals surface area contributed by atoms with Crippen LogP contribution < -0.4 is 10.5 Å². The average molecular weight is 276 g/mol. The molecule has 1 unspecified atom stereocenters. The first-order valence-corrected chi connectivity index (χ1v) is 6.58. The van der Waals surface area contributed by atoms with Crippen molar-refractivity contribution in [2.45, 2.75) is 25.8 Å². The fourth-order valence-electron chi connectivity index (χ4n) is 1.86. The Kier molecular flexibility index (Phi) is 6.54. The first-order valence-electron chi connectivity index (χ1n) is 6.58. The minimum Gasteiger partial charge on any atom is -0.497 e. The van der Waals surface area contributed by atoms with E-state index in [1.165, 1.54) is 0 Å². The smallest absolute Gasteiger partial charge is 0.323 e. The molecule has 0 aromatic heterocycles. The summed E-state index contributed by atoms with van der Waals surface area (Å²) in [5, 5.41) is 8.98. The zero-order valence-electron chi connectivity index (χ0n) is 11.8. The van der Waals surface area contributed by atoms with Gasteiger partial charge in [-0.15, -0.1) is 0 Å². The number of nitrogens with zero attached hydrogens (tertiary/aromatic N) is 1. The Morgan fingerprint density at radius 2 is 2.20 bits per heavy atom. The van der Waals surface area contributed by atoms with Crippen molar-refractivity contribution in [1.29, 1.82) is 5.26 Å². The monoisotopic (exact) mass is 276 g/mol. The van der Waals surface area contributed by atoms with Gasteiger partial charge < -0.3 is 15.2 Å². The van der Waals surface area contributed by atoms with Crippen molar-refractivity contribution in [2.24, 2.45) is 11.7 Å². The Hall–Kier alpha value is -2.06. The van der Waals surface area contributed by atoms with Crippen LogP contribution in [0.25, 0.3) is 0 Å². The Bertz CT molecular complexity index is 482. The molecule has 0 aliphatic carbocycles. The number of methoxy groups -OCH3 is 1. The van der Waals surface area contributed by atoms with Gasteiger partial charge in [0, 0.05) is 6.04 Å². The van der Waals surface area contributed by atoms with Gasteiger partial charge >= 0.3 is 5.97 Å². The molecular formula is C15H20N2O3. The molecule has 0 spiro atoms. The van der Waals surface area contributed by atoms with Crippen LogP contribution in [0.2, 0.25) is 0 Å². The molecule has 0 saturated heterocycles. The summed E-state index contributed by atoms with van der Waals surface area (Å²) >= 11 is 0. The summed E-state index contributed by atoms with van der Waals surface area (Å²) in [5.41, 5.74) is 7.00. The number of carbonyl (C=O) groups excluding carboxylic acids is 1. The van der Waals surface area contributed by atoms with Crippen LogP contribution in [0.3, 0.4) is 0 Å². The maximum atomic E-state index is 11.5. The lowest BCUT2D eigenvalue weighted by atomic mass is 9.97. The van der Waals surface area contributed by atoms with E-state index in [0.717, 1.165) is 11.3 Å². The normalized spacial score (nSPS) is 13.1. The molecule has 1 rings (SSSR count). The molecule has 1 aromatic rings. The van der Waals surface area contributed by atoms with Gasteiger partial charge in [-0.2, -0.15) is 5.26 Å². The number of nitrogens with two attached hydrogens (primary N) is 1. The minimum absolute atomic E-state index is 0.240. The Morgan fingerprint density at radius 3 is 2.80 bits per heavy atom. The van der Waals surface area contributed by atoms with Gasteiger partial charge in [0.05, 0.1) is 19.8 Å². The number of ether oxygens (including phenoxy) is 2. The predicted octanol–water partition coefficient (Wildman–Crippen LogP) is 2.18. The lowest BCUT2D eigenvalue weighted by molar-refractivity contribution is -0.146. The number of carbonyl (C=O) groups is 1. The van der Waals surface area contributed by atoms with Crippen LogP contribution in [0.1, 0.15) is 31.4 Å². The van der Waals surface area contributed by atoms with Crippen LogP contribution in [0.4, 0.5) is 0 Å². The van der Waals surface area contributed by atoms with Crippen LogP contribution in [-0.2, 0) is 9.53 Å². The summed E-state index contributed by atoms with van der Waals surface area (Å²) in [6.07, 6.45) is 0.915. The highest BCUT2D eigenvalue weighted by Gasteiger charge is 2.20. The van der Waals surface area contributed by atoms with Crippen molar-refractivity contribution in [3.63, 3.8) is 0 Å². The molecule has 0 fully saturated rings. The van der Waals surface area contributed by atoms with Gasteiger partial charge in [0.1, 0.15) is 11.7 Å². The van der Waals surface area contributed by atoms with E-state index in [0.29, 0.717) is 12.8 Å². The first kappa shape index (κ1) is 16.0. The van der Waals surface area contributed by atoms with Gasteiger partial charge in [0.15, 0.2) is 0 Å². The maximum absolute atomic E-state index is 11.5. The third-order valence-corrected chi connectivity index (χ3v) is 3.02. The molecule has 0 heterocycles. The lowest BCUT2D eigenvalue weighted by Crippen LogP contribution is -2.19. The number of benzene rings is 1. The summed E-state index contributed by atoms with van der Waals surface area (Å²) in [7, 11) is 1.59. The highest BCUT2D eigenvalue weighted by molar-refractivity contribution is 5.75. The SMILES string of the molecule is CCOC(=O)C(C#N)CC[C@@H](N)c1cccc(OC)c1. The molecule has 5 heteroatoms.